The van der Waals surface area contributed by atoms with Crippen LogP contribution in [0.15, 0.2) is 11.4 Å². The van der Waals surface area contributed by atoms with Crippen molar-refractivity contribution in [2.24, 2.45) is 0 Å². The predicted molar refractivity (Wildman–Crippen MR) is 90.6 cm³/mol. The van der Waals surface area contributed by atoms with Gasteiger partial charge >= 0.3 is 0 Å². The zero-order valence-electron chi connectivity index (χ0n) is 12.6. The van der Waals surface area contributed by atoms with Gasteiger partial charge in [-0.1, -0.05) is 11.3 Å². The Labute approximate surface area is 134 Å². The molecule has 0 aromatic carbocycles. The summed E-state index contributed by atoms with van der Waals surface area (Å²) in [5.74, 6) is 0. The minimum atomic E-state index is 0.459. The lowest BCUT2D eigenvalue weighted by molar-refractivity contribution is 0.501. The first-order valence-corrected chi connectivity index (χ1v) is 9.47. The van der Waals surface area contributed by atoms with Crippen LogP contribution in [0.4, 0.5) is 5.13 Å². The number of aryl methyl sites for hydroxylation is 1. The molecule has 0 radical (unpaired) electrons. The van der Waals surface area contributed by atoms with E-state index < -0.39 is 0 Å². The molecule has 0 bridgehead atoms. The van der Waals surface area contributed by atoms with Crippen LogP contribution in [0.25, 0.3) is 0 Å². The van der Waals surface area contributed by atoms with E-state index in [4.69, 9.17) is 4.98 Å². The lowest BCUT2D eigenvalue weighted by atomic mass is 9.98. The molecule has 0 saturated heterocycles. The summed E-state index contributed by atoms with van der Waals surface area (Å²) in [6, 6.07) is 3.26. The molecule has 112 valence electrons. The van der Waals surface area contributed by atoms with Crippen molar-refractivity contribution in [1.29, 1.82) is 0 Å². The minimum absolute atomic E-state index is 0.459. The molecule has 2 atom stereocenters. The number of thiazole rings is 1. The van der Waals surface area contributed by atoms with E-state index in [1.54, 1.807) is 4.88 Å². The normalized spacial score (nSPS) is 24.8. The van der Waals surface area contributed by atoms with Crippen molar-refractivity contribution in [2.45, 2.75) is 44.7 Å². The fourth-order valence-electron chi connectivity index (χ4n) is 3.58. The molecular formula is C16H21N3S2. The number of aromatic nitrogens is 1. The second-order valence-corrected chi connectivity index (χ2v) is 7.97. The zero-order valence-corrected chi connectivity index (χ0v) is 14.2. The number of rotatable bonds is 2. The summed E-state index contributed by atoms with van der Waals surface area (Å²) in [4.78, 5) is 10.5. The van der Waals surface area contributed by atoms with Crippen LogP contribution in [0.3, 0.4) is 0 Å². The molecule has 2 aliphatic rings. The van der Waals surface area contributed by atoms with Crippen molar-refractivity contribution in [2.75, 3.05) is 18.5 Å². The molecule has 1 N–H and O–H groups in total. The first-order chi connectivity index (χ1) is 10.3. The monoisotopic (exact) mass is 319 g/mol. The Morgan fingerprint density at radius 1 is 1.38 bits per heavy atom. The summed E-state index contributed by atoms with van der Waals surface area (Å²) < 4.78 is 0. The average molecular weight is 319 g/mol. The number of anilines is 1. The van der Waals surface area contributed by atoms with Crippen molar-refractivity contribution in [1.82, 2.24) is 10.3 Å². The van der Waals surface area contributed by atoms with Gasteiger partial charge in [0, 0.05) is 22.3 Å². The fourth-order valence-corrected chi connectivity index (χ4v) is 5.90. The van der Waals surface area contributed by atoms with E-state index in [0.717, 1.165) is 19.4 Å². The van der Waals surface area contributed by atoms with Crippen LogP contribution in [-0.2, 0) is 12.8 Å². The van der Waals surface area contributed by atoms with Gasteiger partial charge in [-0.15, -0.1) is 11.3 Å². The highest BCUT2D eigenvalue weighted by Gasteiger charge is 2.30. The SMILES string of the molecule is CNC1CCCc2nc(N3CCc4sccc4C3C)sc21. The fraction of sp³-hybridized carbons (Fsp3) is 0.562. The number of fused-ring (bicyclic) bond motifs is 2. The largest absolute Gasteiger partial charge is 0.341 e. The Hall–Kier alpha value is -0.910. The van der Waals surface area contributed by atoms with Gasteiger partial charge in [-0.25, -0.2) is 4.98 Å². The number of nitrogens with zero attached hydrogens (tertiary/aromatic N) is 2. The molecule has 2 aromatic heterocycles. The molecule has 0 amide bonds. The molecule has 1 aliphatic carbocycles. The Morgan fingerprint density at radius 2 is 2.29 bits per heavy atom. The standard InChI is InChI=1S/C16H21N3S2/c1-10-11-7-9-20-14(11)6-8-19(10)16-18-13-5-3-4-12(17-2)15(13)21-16/h7,9-10,12,17H,3-6,8H2,1-2H3. The number of thiophene rings is 1. The number of nitrogens with one attached hydrogen (secondary N) is 1. The third kappa shape index (κ3) is 2.22. The number of hydrogen-bond donors (Lipinski definition) is 1. The number of hydrogen-bond acceptors (Lipinski definition) is 5. The molecule has 0 fully saturated rings. The lowest BCUT2D eigenvalue weighted by Gasteiger charge is -2.33. The predicted octanol–water partition coefficient (Wildman–Crippen LogP) is 3.93. The molecule has 0 saturated carbocycles. The molecule has 1 aliphatic heterocycles. The third-order valence-electron chi connectivity index (χ3n) is 4.81. The average Bonchev–Trinajstić information content (AvgIpc) is 3.13. The van der Waals surface area contributed by atoms with Gasteiger partial charge in [0.15, 0.2) is 5.13 Å². The highest BCUT2D eigenvalue weighted by Crippen LogP contribution is 2.42. The summed E-state index contributed by atoms with van der Waals surface area (Å²) >= 11 is 3.82. The molecule has 3 nitrogen and oxygen atoms in total. The quantitative estimate of drug-likeness (QED) is 0.909. The first kappa shape index (κ1) is 13.7. The smallest absolute Gasteiger partial charge is 0.186 e. The van der Waals surface area contributed by atoms with Gasteiger partial charge in [-0.3, -0.25) is 0 Å². The summed E-state index contributed by atoms with van der Waals surface area (Å²) in [6.07, 6.45) is 4.81. The van der Waals surface area contributed by atoms with Gasteiger partial charge in [0.2, 0.25) is 0 Å². The van der Waals surface area contributed by atoms with Crippen LogP contribution in [0.2, 0.25) is 0 Å². The van der Waals surface area contributed by atoms with Crippen molar-refractivity contribution < 1.29 is 0 Å². The first-order valence-electron chi connectivity index (χ1n) is 7.77. The van der Waals surface area contributed by atoms with Crippen LogP contribution in [0.5, 0.6) is 0 Å². The van der Waals surface area contributed by atoms with Crippen molar-refractivity contribution in [3.05, 3.63) is 32.5 Å². The van der Waals surface area contributed by atoms with E-state index >= 15 is 0 Å². The molecule has 3 heterocycles. The van der Waals surface area contributed by atoms with Gasteiger partial charge in [-0.2, -0.15) is 0 Å². The van der Waals surface area contributed by atoms with Gasteiger partial charge < -0.3 is 10.2 Å². The Morgan fingerprint density at radius 3 is 3.14 bits per heavy atom. The van der Waals surface area contributed by atoms with Gasteiger partial charge in [0.05, 0.1) is 11.7 Å². The zero-order chi connectivity index (χ0) is 14.4. The molecule has 5 heteroatoms. The molecule has 2 unspecified atom stereocenters. The van der Waals surface area contributed by atoms with Crippen LogP contribution in [0.1, 0.15) is 52.9 Å². The van der Waals surface area contributed by atoms with E-state index in [1.807, 2.05) is 22.7 Å². The summed E-state index contributed by atoms with van der Waals surface area (Å²) in [5, 5.41) is 6.91. The highest BCUT2D eigenvalue weighted by molar-refractivity contribution is 7.15. The highest BCUT2D eigenvalue weighted by atomic mass is 32.1. The van der Waals surface area contributed by atoms with Crippen LogP contribution in [-0.4, -0.2) is 18.6 Å². The van der Waals surface area contributed by atoms with Crippen LogP contribution < -0.4 is 10.2 Å². The van der Waals surface area contributed by atoms with E-state index in [1.165, 1.54) is 34.1 Å². The van der Waals surface area contributed by atoms with Gasteiger partial charge in [-0.05, 0) is 56.7 Å². The summed E-state index contributed by atoms with van der Waals surface area (Å²) in [5.41, 5.74) is 2.84. The third-order valence-corrected chi connectivity index (χ3v) is 7.06. The van der Waals surface area contributed by atoms with E-state index in [2.05, 4.69) is 35.6 Å². The van der Waals surface area contributed by atoms with E-state index in [-0.39, 0.29) is 0 Å². The van der Waals surface area contributed by atoms with Crippen molar-refractivity contribution >= 4 is 27.8 Å². The maximum atomic E-state index is 4.99. The molecular weight excluding hydrogens is 298 g/mol. The summed E-state index contributed by atoms with van der Waals surface area (Å²) in [7, 11) is 2.07. The molecule has 2 aromatic rings. The van der Waals surface area contributed by atoms with Crippen molar-refractivity contribution in [3.8, 4) is 0 Å². The van der Waals surface area contributed by atoms with Crippen LogP contribution in [0, 0.1) is 0 Å². The maximum Gasteiger partial charge on any atom is 0.186 e. The Bertz CT molecular complexity index is 646. The molecule has 21 heavy (non-hydrogen) atoms. The van der Waals surface area contributed by atoms with E-state index in [0.29, 0.717) is 12.1 Å². The topological polar surface area (TPSA) is 28.2 Å². The minimum Gasteiger partial charge on any atom is -0.341 e. The van der Waals surface area contributed by atoms with Crippen LogP contribution >= 0.6 is 22.7 Å². The second kappa shape index (κ2) is 5.38. The Kier molecular flexibility index (Phi) is 3.52. The summed E-state index contributed by atoms with van der Waals surface area (Å²) in [6.45, 7) is 3.42. The molecule has 0 spiro atoms. The maximum absolute atomic E-state index is 4.99. The van der Waals surface area contributed by atoms with E-state index in [9.17, 15) is 0 Å². The van der Waals surface area contributed by atoms with Crippen molar-refractivity contribution in [3.63, 3.8) is 0 Å². The lowest BCUT2D eigenvalue weighted by Crippen LogP contribution is -2.32. The molecule has 4 rings (SSSR count). The van der Waals surface area contributed by atoms with Gasteiger partial charge in [0.25, 0.3) is 0 Å². The van der Waals surface area contributed by atoms with Gasteiger partial charge in [0.1, 0.15) is 0 Å². The second-order valence-electron chi connectivity index (χ2n) is 5.96. The Balaban J connectivity index is 1.67.